The van der Waals surface area contributed by atoms with Gasteiger partial charge in [0.2, 0.25) is 0 Å². The van der Waals surface area contributed by atoms with Crippen molar-refractivity contribution in [1.82, 2.24) is 4.90 Å². The van der Waals surface area contributed by atoms with E-state index in [0.29, 0.717) is 11.3 Å². The van der Waals surface area contributed by atoms with Crippen molar-refractivity contribution in [2.75, 3.05) is 14.1 Å². The predicted octanol–water partition coefficient (Wildman–Crippen LogP) is 3.74. The second-order valence-corrected chi connectivity index (χ2v) is 6.78. The molecule has 0 N–H and O–H groups in total. The number of carbonyl (C=O) groups excluding carboxylic acids is 1. The fourth-order valence-corrected chi connectivity index (χ4v) is 2.88. The minimum absolute atomic E-state index is 0.0717. The van der Waals surface area contributed by atoms with Crippen LogP contribution in [0.25, 0.3) is 6.08 Å². The molecule has 0 saturated carbocycles. The van der Waals surface area contributed by atoms with Crippen molar-refractivity contribution >= 4 is 34.6 Å². The summed E-state index contributed by atoms with van der Waals surface area (Å²) in [7, 11) is 3.21. The van der Waals surface area contributed by atoms with Crippen molar-refractivity contribution in [1.29, 1.82) is 10.5 Å². The molecule has 0 atom stereocenters. The third-order valence-corrected chi connectivity index (χ3v) is 4.39. The number of amides is 1. The Balaban J connectivity index is 2.19. The molecule has 0 saturated heterocycles. The lowest BCUT2D eigenvalue weighted by Crippen LogP contribution is -2.22. The molecule has 0 aromatic heterocycles. The fraction of sp³-hybridized carbons (Fsp3) is 0.150. The molecule has 2 aromatic carbocycles. The first-order valence-corrected chi connectivity index (χ1v) is 8.78. The van der Waals surface area contributed by atoms with Crippen molar-refractivity contribution in [2.45, 2.75) is 6.61 Å². The summed E-state index contributed by atoms with van der Waals surface area (Å²) >= 11 is 2.14. The van der Waals surface area contributed by atoms with E-state index in [4.69, 9.17) is 10.00 Å². The molecule has 0 fully saturated rings. The summed E-state index contributed by atoms with van der Waals surface area (Å²) in [5.74, 6) is 0.337. The van der Waals surface area contributed by atoms with Gasteiger partial charge >= 0.3 is 0 Å². The van der Waals surface area contributed by atoms with Crippen LogP contribution < -0.4 is 4.74 Å². The van der Waals surface area contributed by atoms with Crippen molar-refractivity contribution in [3.8, 4) is 17.9 Å². The van der Waals surface area contributed by atoms with Crippen LogP contribution in [0.4, 0.5) is 0 Å². The lowest BCUT2D eigenvalue weighted by Gasteiger charge is -2.11. The quantitative estimate of drug-likeness (QED) is 0.390. The lowest BCUT2D eigenvalue weighted by molar-refractivity contribution is -0.124. The van der Waals surface area contributed by atoms with Gasteiger partial charge in [0.05, 0.1) is 15.2 Å². The Hall–Kier alpha value is -2.84. The van der Waals surface area contributed by atoms with Gasteiger partial charge in [0, 0.05) is 19.7 Å². The molecule has 0 radical (unpaired) electrons. The summed E-state index contributed by atoms with van der Waals surface area (Å²) < 4.78 is 6.67. The monoisotopic (exact) mass is 457 g/mol. The van der Waals surface area contributed by atoms with Gasteiger partial charge in [-0.3, -0.25) is 4.79 Å². The second-order valence-electron chi connectivity index (χ2n) is 5.62. The zero-order chi connectivity index (χ0) is 19.1. The Morgan fingerprint density at radius 2 is 1.96 bits per heavy atom. The maximum atomic E-state index is 11.9. The van der Waals surface area contributed by atoms with Crippen LogP contribution in [0.2, 0.25) is 0 Å². The second kappa shape index (κ2) is 9.02. The first-order valence-electron chi connectivity index (χ1n) is 7.70. The number of halogens is 1. The molecule has 5 nitrogen and oxygen atoms in total. The van der Waals surface area contributed by atoms with E-state index in [0.717, 1.165) is 14.7 Å². The molecule has 0 spiro atoms. The first kappa shape index (κ1) is 19.5. The smallest absolute Gasteiger partial charge is 0.264 e. The zero-order valence-corrected chi connectivity index (χ0v) is 16.5. The van der Waals surface area contributed by atoms with E-state index in [-0.39, 0.29) is 18.1 Å². The third kappa shape index (κ3) is 4.84. The van der Waals surface area contributed by atoms with Crippen LogP contribution in [0.5, 0.6) is 5.75 Å². The van der Waals surface area contributed by atoms with Crippen LogP contribution in [0.3, 0.4) is 0 Å². The van der Waals surface area contributed by atoms with E-state index in [1.165, 1.54) is 4.90 Å². The molecular formula is C20H16IN3O2. The summed E-state index contributed by atoms with van der Waals surface area (Å²) in [4.78, 5) is 13.3. The summed E-state index contributed by atoms with van der Waals surface area (Å²) in [5.41, 5.74) is 2.22. The molecule has 2 aromatic rings. The molecule has 6 heteroatoms. The minimum Gasteiger partial charge on any atom is -0.488 e. The van der Waals surface area contributed by atoms with Crippen LogP contribution in [0.1, 0.15) is 16.7 Å². The van der Waals surface area contributed by atoms with Crippen LogP contribution in [0.15, 0.2) is 48.0 Å². The predicted molar refractivity (Wildman–Crippen MR) is 107 cm³/mol. The number of ether oxygens (including phenoxy) is 1. The van der Waals surface area contributed by atoms with E-state index in [1.54, 1.807) is 38.4 Å². The SMILES string of the molecule is CN(C)C(=O)/C(C#N)=C\c1ccc(OCc2ccccc2C#N)c(I)c1. The highest BCUT2D eigenvalue weighted by atomic mass is 127. The van der Waals surface area contributed by atoms with Crippen molar-refractivity contribution in [3.63, 3.8) is 0 Å². The normalized spacial score (nSPS) is 10.6. The van der Waals surface area contributed by atoms with Gasteiger partial charge < -0.3 is 9.64 Å². The number of likely N-dealkylation sites (N-methyl/N-ethyl adjacent to an activating group) is 1. The van der Waals surface area contributed by atoms with Gasteiger partial charge in [-0.05, 0) is 52.4 Å². The highest BCUT2D eigenvalue weighted by Crippen LogP contribution is 2.25. The molecular weight excluding hydrogens is 441 g/mol. The van der Waals surface area contributed by atoms with Crippen LogP contribution in [0, 0.1) is 26.2 Å². The van der Waals surface area contributed by atoms with Gasteiger partial charge in [-0.15, -0.1) is 0 Å². The number of nitrogens with zero attached hydrogens (tertiary/aromatic N) is 3. The van der Waals surface area contributed by atoms with E-state index >= 15 is 0 Å². The summed E-state index contributed by atoms with van der Waals surface area (Å²) in [6.45, 7) is 0.289. The lowest BCUT2D eigenvalue weighted by atomic mass is 10.1. The van der Waals surface area contributed by atoms with Gasteiger partial charge in [0.15, 0.2) is 0 Å². The molecule has 130 valence electrons. The highest BCUT2D eigenvalue weighted by Gasteiger charge is 2.12. The molecule has 0 unspecified atom stereocenters. The largest absolute Gasteiger partial charge is 0.488 e. The average molecular weight is 457 g/mol. The summed E-state index contributed by atoms with van der Waals surface area (Å²) in [6.07, 6.45) is 1.55. The number of hydrogen-bond acceptors (Lipinski definition) is 4. The molecule has 0 aliphatic rings. The van der Waals surface area contributed by atoms with E-state index in [2.05, 4.69) is 28.7 Å². The molecule has 0 aliphatic heterocycles. The molecule has 2 rings (SSSR count). The van der Waals surface area contributed by atoms with E-state index < -0.39 is 0 Å². The van der Waals surface area contributed by atoms with Gasteiger partial charge in [-0.25, -0.2) is 0 Å². The minimum atomic E-state index is -0.337. The average Bonchev–Trinajstić information content (AvgIpc) is 2.65. The molecule has 0 heterocycles. The van der Waals surface area contributed by atoms with Gasteiger partial charge in [0.1, 0.15) is 24.0 Å². The maximum Gasteiger partial charge on any atom is 0.264 e. The van der Waals surface area contributed by atoms with Crippen molar-refractivity contribution in [2.24, 2.45) is 0 Å². The highest BCUT2D eigenvalue weighted by molar-refractivity contribution is 14.1. The molecule has 26 heavy (non-hydrogen) atoms. The van der Waals surface area contributed by atoms with Gasteiger partial charge in [0.25, 0.3) is 5.91 Å². The Morgan fingerprint density at radius 1 is 1.23 bits per heavy atom. The van der Waals surface area contributed by atoms with Crippen LogP contribution in [-0.4, -0.2) is 24.9 Å². The Kier molecular flexibility index (Phi) is 6.76. The number of carbonyl (C=O) groups is 1. The third-order valence-electron chi connectivity index (χ3n) is 3.54. The number of rotatable bonds is 5. The van der Waals surface area contributed by atoms with Crippen LogP contribution >= 0.6 is 22.6 Å². The summed E-state index contributed by atoms with van der Waals surface area (Å²) in [5, 5.41) is 18.3. The molecule has 0 bridgehead atoms. The molecule has 0 aliphatic carbocycles. The number of benzene rings is 2. The Labute approximate surface area is 166 Å². The molecule has 1 amide bonds. The number of nitriles is 2. The maximum absolute atomic E-state index is 11.9. The standard InChI is InChI=1S/C20H16IN3O2/c1-24(2)20(25)17(12-23)9-14-7-8-19(18(21)10-14)26-13-16-6-4-3-5-15(16)11-22/h3-10H,13H2,1-2H3/b17-9-. The van der Waals surface area contributed by atoms with Crippen molar-refractivity contribution in [3.05, 3.63) is 68.3 Å². The van der Waals surface area contributed by atoms with Gasteiger partial charge in [-0.1, -0.05) is 24.3 Å². The van der Waals surface area contributed by atoms with Crippen molar-refractivity contribution < 1.29 is 9.53 Å². The Morgan fingerprint density at radius 3 is 2.58 bits per heavy atom. The first-order chi connectivity index (χ1) is 12.5. The van der Waals surface area contributed by atoms with E-state index in [1.807, 2.05) is 30.3 Å². The topological polar surface area (TPSA) is 77.1 Å². The zero-order valence-electron chi connectivity index (χ0n) is 14.4. The summed E-state index contributed by atoms with van der Waals surface area (Å²) in [6, 6.07) is 16.8. The van der Waals surface area contributed by atoms with Gasteiger partial charge in [-0.2, -0.15) is 10.5 Å². The van der Waals surface area contributed by atoms with Crippen LogP contribution in [-0.2, 0) is 11.4 Å². The fourth-order valence-electron chi connectivity index (χ4n) is 2.18. The number of hydrogen-bond donors (Lipinski definition) is 0. The van der Waals surface area contributed by atoms with E-state index in [9.17, 15) is 10.1 Å². The Bertz CT molecular complexity index is 937.